The SMILES string of the molecule is Cn1nccc1C(=O)Nc1nc(-c2ccccc2)c(-c2ccccc2)s1. The molecule has 1 N–H and O–H groups in total. The van der Waals surface area contributed by atoms with Gasteiger partial charge in [-0.2, -0.15) is 5.10 Å². The molecule has 128 valence electrons. The van der Waals surface area contributed by atoms with Gasteiger partial charge in [-0.05, 0) is 11.6 Å². The highest BCUT2D eigenvalue weighted by Gasteiger charge is 2.17. The fourth-order valence-corrected chi connectivity index (χ4v) is 3.70. The summed E-state index contributed by atoms with van der Waals surface area (Å²) in [6, 6.07) is 21.7. The van der Waals surface area contributed by atoms with E-state index in [2.05, 4.69) is 10.4 Å². The number of aromatic nitrogens is 3. The average Bonchev–Trinajstić information content (AvgIpc) is 3.29. The number of carbonyl (C=O) groups is 1. The number of anilines is 1. The van der Waals surface area contributed by atoms with Crippen molar-refractivity contribution in [2.45, 2.75) is 0 Å². The van der Waals surface area contributed by atoms with Crippen LogP contribution in [-0.4, -0.2) is 20.7 Å². The monoisotopic (exact) mass is 360 g/mol. The van der Waals surface area contributed by atoms with Gasteiger partial charge in [0.1, 0.15) is 5.69 Å². The largest absolute Gasteiger partial charge is 0.296 e. The molecule has 4 rings (SSSR count). The lowest BCUT2D eigenvalue weighted by Gasteiger charge is -2.02. The molecule has 0 saturated heterocycles. The number of aryl methyl sites for hydroxylation is 1. The highest BCUT2D eigenvalue weighted by molar-refractivity contribution is 7.19. The predicted molar refractivity (Wildman–Crippen MR) is 104 cm³/mol. The molecule has 0 atom stereocenters. The molecule has 2 heterocycles. The molecule has 5 nitrogen and oxygen atoms in total. The lowest BCUT2D eigenvalue weighted by molar-refractivity contribution is 0.101. The Kier molecular flexibility index (Phi) is 4.33. The maximum absolute atomic E-state index is 12.5. The lowest BCUT2D eigenvalue weighted by atomic mass is 10.1. The number of benzene rings is 2. The summed E-state index contributed by atoms with van der Waals surface area (Å²) in [5.74, 6) is -0.224. The average molecular weight is 360 g/mol. The van der Waals surface area contributed by atoms with Gasteiger partial charge in [0.2, 0.25) is 0 Å². The van der Waals surface area contributed by atoms with E-state index in [0.717, 1.165) is 21.7 Å². The molecule has 0 spiro atoms. The van der Waals surface area contributed by atoms with Gasteiger partial charge in [0.15, 0.2) is 5.13 Å². The van der Waals surface area contributed by atoms with Gasteiger partial charge in [-0.25, -0.2) is 4.98 Å². The Morgan fingerprint density at radius 3 is 2.23 bits per heavy atom. The van der Waals surface area contributed by atoms with Crippen molar-refractivity contribution >= 4 is 22.4 Å². The predicted octanol–water partition coefficient (Wildman–Crippen LogP) is 4.46. The second-order valence-electron chi connectivity index (χ2n) is 5.72. The van der Waals surface area contributed by atoms with E-state index in [4.69, 9.17) is 4.98 Å². The summed E-state index contributed by atoms with van der Waals surface area (Å²) >= 11 is 1.47. The van der Waals surface area contributed by atoms with E-state index in [0.29, 0.717) is 10.8 Å². The molecule has 0 bridgehead atoms. The van der Waals surface area contributed by atoms with Crippen LogP contribution >= 0.6 is 11.3 Å². The van der Waals surface area contributed by atoms with Gasteiger partial charge in [0.05, 0.1) is 10.6 Å². The van der Waals surface area contributed by atoms with Gasteiger partial charge in [-0.1, -0.05) is 72.0 Å². The molecular weight excluding hydrogens is 344 g/mol. The topological polar surface area (TPSA) is 59.8 Å². The van der Waals surface area contributed by atoms with Gasteiger partial charge in [0.25, 0.3) is 5.91 Å². The summed E-state index contributed by atoms with van der Waals surface area (Å²) in [6.07, 6.45) is 1.60. The number of amides is 1. The number of hydrogen-bond donors (Lipinski definition) is 1. The Bertz CT molecular complexity index is 981. The highest BCUT2D eigenvalue weighted by atomic mass is 32.1. The first-order chi connectivity index (χ1) is 12.7. The minimum Gasteiger partial charge on any atom is -0.296 e. The zero-order chi connectivity index (χ0) is 17.9. The molecule has 0 aliphatic heterocycles. The third-order valence-corrected chi connectivity index (χ3v) is 5.00. The molecule has 4 aromatic rings. The number of nitrogens with one attached hydrogen (secondary N) is 1. The molecule has 0 aliphatic rings. The summed E-state index contributed by atoms with van der Waals surface area (Å²) in [5, 5.41) is 7.49. The van der Waals surface area contributed by atoms with E-state index in [1.54, 1.807) is 24.0 Å². The standard InChI is InChI=1S/C20H16N4OS/c1-24-16(12-13-21-24)19(25)23-20-22-17(14-8-4-2-5-9-14)18(26-20)15-10-6-3-7-11-15/h2-13H,1H3,(H,22,23,25). The van der Waals surface area contributed by atoms with Crippen LogP contribution in [0, 0.1) is 0 Å². The normalized spacial score (nSPS) is 10.7. The maximum Gasteiger partial charge on any atom is 0.275 e. The zero-order valence-corrected chi connectivity index (χ0v) is 14.9. The van der Waals surface area contributed by atoms with Crippen molar-refractivity contribution in [3.8, 4) is 21.7 Å². The quantitative estimate of drug-likeness (QED) is 0.584. The number of nitrogens with zero attached hydrogens (tertiary/aromatic N) is 3. The minimum atomic E-state index is -0.224. The summed E-state index contributed by atoms with van der Waals surface area (Å²) in [6.45, 7) is 0. The van der Waals surface area contributed by atoms with Crippen LogP contribution < -0.4 is 5.32 Å². The second-order valence-corrected chi connectivity index (χ2v) is 6.72. The molecule has 2 aromatic heterocycles. The first kappa shape index (κ1) is 16.2. The van der Waals surface area contributed by atoms with Crippen LogP contribution in [0.15, 0.2) is 72.9 Å². The minimum absolute atomic E-state index is 0.224. The van der Waals surface area contributed by atoms with Crippen LogP contribution in [0.2, 0.25) is 0 Å². The Hall–Kier alpha value is -3.25. The van der Waals surface area contributed by atoms with Crippen LogP contribution in [-0.2, 0) is 7.05 Å². The molecular formula is C20H16N4OS. The smallest absolute Gasteiger partial charge is 0.275 e. The van der Waals surface area contributed by atoms with Crippen LogP contribution in [0.1, 0.15) is 10.5 Å². The zero-order valence-electron chi connectivity index (χ0n) is 14.1. The van der Waals surface area contributed by atoms with Gasteiger partial charge in [-0.15, -0.1) is 0 Å². The van der Waals surface area contributed by atoms with E-state index in [1.165, 1.54) is 11.3 Å². The van der Waals surface area contributed by atoms with Crippen molar-refractivity contribution in [1.29, 1.82) is 0 Å². The summed E-state index contributed by atoms with van der Waals surface area (Å²) in [7, 11) is 1.74. The molecule has 0 unspecified atom stereocenters. The Labute approximate surface area is 155 Å². The van der Waals surface area contributed by atoms with Crippen LogP contribution in [0.5, 0.6) is 0 Å². The third kappa shape index (κ3) is 3.14. The molecule has 1 amide bonds. The van der Waals surface area contributed by atoms with E-state index in [9.17, 15) is 4.79 Å². The molecule has 0 saturated carbocycles. The van der Waals surface area contributed by atoms with Crippen LogP contribution in [0.25, 0.3) is 21.7 Å². The first-order valence-electron chi connectivity index (χ1n) is 8.13. The van der Waals surface area contributed by atoms with Crippen LogP contribution in [0.3, 0.4) is 0 Å². The number of rotatable bonds is 4. The van der Waals surface area contributed by atoms with E-state index >= 15 is 0 Å². The first-order valence-corrected chi connectivity index (χ1v) is 8.95. The lowest BCUT2D eigenvalue weighted by Crippen LogP contribution is -2.15. The maximum atomic E-state index is 12.5. The second kappa shape index (κ2) is 6.93. The number of hydrogen-bond acceptors (Lipinski definition) is 4. The fraction of sp³-hybridized carbons (Fsp3) is 0.0500. The third-order valence-electron chi connectivity index (χ3n) is 3.98. The molecule has 0 fully saturated rings. The van der Waals surface area contributed by atoms with Gasteiger partial charge < -0.3 is 0 Å². The molecule has 2 aromatic carbocycles. The number of thiazole rings is 1. The highest BCUT2D eigenvalue weighted by Crippen LogP contribution is 2.38. The van der Waals surface area contributed by atoms with E-state index in [-0.39, 0.29) is 5.91 Å². The van der Waals surface area contributed by atoms with E-state index in [1.807, 2.05) is 60.7 Å². The van der Waals surface area contributed by atoms with Crippen molar-refractivity contribution in [2.75, 3.05) is 5.32 Å². The van der Waals surface area contributed by atoms with Gasteiger partial charge in [-0.3, -0.25) is 14.8 Å². The Morgan fingerprint density at radius 2 is 1.62 bits per heavy atom. The van der Waals surface area contributed by atoms with Crippen LogP contribution in [0.4, 0.5) is 5.13 Å². The Balaban J connectivity index is 1.74. The van der Waals surface area contributed by atoms with Gasteiger partial charge in [0, 0.05) is 18.8 Å². The van der Waals surface area contributed by atoms with Crippen molar-refractivity contribution in [3.63, 3.8) is 0 Å². The Morgan fingerprint density at radius 1 is 0.962 bits per heavy atom. The molecule has 0 aliphatic carbocycles. The summed E-state index contributed by atoms with van der Waals surface area (Å²) < 4.78 is 1.54. The molecule has 0 radical (unpaired) electrons. The fourth-order valence-electron chi connectivity index (χ4n) is 2.71. The number of carbonyl (C=O) groups excluding carboxylic acids is 1. The molecule has 6 heteroatoms. The molecule has 26 heavy (non-hydrogen) atoms. The van der Waals surface area contributed by atoms with Crippen molar-refractivity contribution in [1.82, 2.24) is 14.8 Å². The van der Waals surface area contributed by atoms with Gasteiger partial charge >= 0.3 is 0 Å². The van der Waals surface area contributed by atoms with Crippen molar-refractivity contribution in [3.05, 3.63) is 78.6 Å². The summed E-state index contributed by atoms with van der Waals surface area (Å²) in [5.41, 5.74) is 3.44. The van der Waals surface area contributed by atoms with Crippen molar-refractivity contribution < 1.29 is 4.79 Å². The van der Waals surface area contributed by atoms with Crippen molar-refractivity contribution in [2.24, 2.45) is 7.05 Å². The van der Waals surface area contributed by atoms with E-state index < -0.39 is 0 Å². The summed E-state index contributed by atoms with van der Waals surface area (Å²) in [4.78, 5) is 18.2.